The molecule has 25 heavy (non-hydrogen) atoms. The maximum Gasteiger partial charge on any atom is 0.267 e. The van der Waals surface area contributed by atoms with Crippen LogP contribution in [-0.4, -0.2) is 37.2 Å². The lowest BCUT2D eigenvalue weighted by atomic mass is 10.1. The van der Waals surface area contributed by atoms with E-state index in [4.69, 9.17) is 9.84 Å². The second kappa shape index (κ2) is 9.24. The van der Waals surface area contributed by atoms with Crippen molar-refractivity contribution in [3.8, 4) is 5.75 Å². The van der Waals surface area contributed by atoms with Gasteiger partial charge in [-0.3, -0.25) is 9.59 Å². The largest absolute Gasteiger partial charge is 0.496 e. The normalized spacial score (nSPS) is 10.9. The second-order valence-corrected chi connectivity index (χ2v) is 5.10. The van der Waals surface area contributed by atoms with Crippen molar-refractivity contribution in [1.82, 2.24) is 10.6 Å². The van der Waals surface area contributed by atoms with Crippen LogP contribution in [0.4, 0.5) is 0 Å². The number of rotatable bonds is 7. The van der Waals surface area contributed by atoms with Gasteiger partial charge in [0.25, 0.3) is 11.8 Å². The number of nitrogens with one attached hydrogen (secondary N) is 2. The molecule has 2 aromatic carbocycles. The molecule has 6 nitrogen and oxygen atoms in total. The molecule has 0 aromatic heterocycles. The molecule has 0 fully saturated rings. The predicted octanol–water partition coefficient (Wildman–Crippen LogP) is 1.57. The number of ether oxygens (including phenoxy) is 1. The number of benzene rings is 2. The summed E-state index contributed by atoms with van der Waals surface area (Å²) in [5.41, 5.74) is 1.16. The molecule has 0 bridgehead atoms. The van der Waals surface area contributed by atoms with Gasteiger partial charge in [0.05, 0.1) is 19.3 Å². The van der Waals surface area contributed by atoms with Gasteiger partial charge in [0.1, 0.15) is 11.4 Å². The van der Waals surface area contributed by atoms with Crippen LogP contribution < -0.4 is 15.4 Å². The monoisotopic (exact) mass is 340 g/mol. The van der Waals surface area contributed by atoms with Crippen molar-refractivity contribution in [3.63, 3.8) is 0 Å². The molecule has 2 aromatic rings. The lowest BCUT2D eigenvalue weighted by Gasteiger charge is -2.12. The van der Waals surface area contributed by atoms with E-state index in [2.05, 4.69) is 10.6 Å². The fourth-order valence-electron chi connectivity index (χ4n) is 2.16. The highest BCUT2D eigenvalue weighted by Crippen LogP contribution is 2.17. The van der Waals surface area contributed by atoms with Gasteiger partial charge in [-0.2, -0.15) is 0 Å². The van der Waals surface area contributed by atoms with E-state index in [0.29, 0.717) is 11.3 Å². The number of hydrogen-bond donors (Lipinski definition) is 3. The zero-order chi connectivity index (χ0) is 18.1. The smallest absolute Gasteiger partial charge is 0.267 e. The van der Waals surface area contributed by atoms with Crippen LogP contribution in [0, 0.1) is 0 Å². The van der Waals surface area contributed by atoms with E-state index in [9.17, 15) is 9.59 Å². The first kappa shape index (κ1) is 18.2. The molecule has 0 saturated carbocycles. The lowest BCUT2D eigenvalue weighted by Crippen LogP contribution is -2.36. The van der Waals surface area contributed by atoms with Crippen LogP contribution in [-0.2, 0) is 4.79 Å². The van der Waals surface area contributed by atoms with Gasteiger partial charge < -0.3 is 20.5 Å². The van der Waals surface area contributed by atoms with Gasteiger partial charge in [-0.1, -0.05) is 42.5 Å². The van der Waals surface area contributed by atoms with Gasteiger partial charge in [-0.05, 0) is 23.8 Å². The lowest BCUT2D eigenvalue weighted by molar-refractivity contribution is -0.117. The van der Waals surface area contributed by atoms with Crippen molar-refractivity contribution < 1.29 is 19.4 Å². The van der Waals surface area contributed by atoms with Crippen molar-refractivity contribution in [2.75, 3.05) is 20.3 Å². The Hall–Kier alpha value is -3.12. The van der Waals surface area contributed by atoms with Crippen LogP contribution in [0.1, 0.15) is 15.9 Å². The summed E-state index contributed by atoms with van der Waals surface area (Å²) < 4.78 is 5.18. The maximum atomic E-state index is 12.5. The van der Waals surface area contributed by atoms with E-state index < -0.39 is 11.8 Å². The van der Waals surface area contributed by atoms with Crippen LogP contribution >= 0.6 is 0 Å². The number of carbonyl (C=O) groups excluding carboxylic acids is 2. The van der Waals surface area contributed by atoms with E-state index >= 15 is 0 Å². The van der Waals surface area contributed by atoms with Crippen molar-refractivity contribution in [2.45, 2.75) is 0 Å². The topological polar surface area (TPSA) is 87.7 Å². The highest BCUT2D eigenvalue weighted by molar-refractivity contribution is 6.06. The Kier molecular flexibility index (Phi) is 6.74. The quantitative estimate of drug-likeness (QED) is 0.668. The molecule has 2 rings (SSSR count). The highest BCUT2D eigenvalue weighted by atomic mass is 16.5. The van der Waals surface area contributed by atoms with Crippen LogP contribution in [0.15, 0.2) is 60.3 Å². The summed E-state index contributed by atoms with van der Waals surface area (Å²) in [5, 5.41) is 14.0. The predicted molar refractivity (Wildman–Crippen MR) is 95.0 cm³/mol. The van der Waals surface area contributed by atoms with E-state index in [-0.39, 0.29) is 18.8 Å². The molecule has 0 aliphatic rings. The van der Waals surface area contributed by atoms with Gasteiger partial charge in [0.15, 0.2) is 0 Å². The maximum absolute atomic E-state index is 12.5. The average Bonchev–Trinajstić information content (AvgIpc) is 2.66. The van der Waals surface area contributed by atoms with Gasteiger partial charge >= 0.3 is 0 Å². The number of aliphatic hydroxyl groups excluding tert-OH is 1. The summed E-state index contributed by atoms with van der Waals surface area (Å²) >= 11 is 0. The number of amides is 2. The molecule has 0 unspecified atom stereocenters. The highest BCUT2D eigenvalue weighted by Gasteiger charge is 2.17. The molecule has 0 atom stereocenters. The summed E-state index contributed by atoms with van der Waals surface area (Å²) in [7, 11) is 1.47. The average molecular weight is 340 g/mol. The number of hydrogen-bond acceptors (Lipinski definition) is 4. The minimum atomic E-state index is -0.485. The first-order valence-electron chi connectivity index (χ1n) is 7.76. The summed E-state index contributed by atoms with van der Waals surface area (Å²) in [6, 6.07) is 15.9. The third kappa shape index (κ3) is 5.19. The molecule has 0 heterocycles. The Bertz CT molecular complexity index is 757. The molecule has 0 radical (unpaired) electrons. The van der Waals surface area contributed by atoms with Gasteiger partial charge in [0.2, 0.25) is 0 Å². The Balaban J connectivity index is 2.28. The summed E-state index contributed by atoms with van der Waals surface area (Å²) in [6.07, 6.45) is 1.57. The van der Waals surface area contributed by atoms with E-state index in [1.807, 2.05) is 30.3 Å². The molecule has 0 aliphatic carbocycles. The number of carbonyl (C=O) groups is 2. The molecular weight excluding hydrogens is 320 g/mol. The van der Waals surface area contributed by atoms with Crippen LogP contribution in [0.3, 0.4) is 0 Å². The van der Waals surface area contributed by atoms with Crippen molar-refractivity contribution >= 4 is 17.9 Å². The fourth-order valence-corrected chi connectivity index (χ4v) is 2.16. The summed E-state index contributed by atoms with van der Waals surface area (Å²) in [4.78, 5) is 24.8. The number of aliphatic hydroxyl groups is 1. The minimum absolute atomic E-state index is 0.0792. The van der Waals surface area contributed by atoms with E-state index in [0.717, 1.165) is 5.56 Å². The summed E-state index contributed by atoms with van der Waals surface area (Å²) in [6.45, 7) is -0.0969. The van der Waals surface area contributed by atoms with Crippen molar-refractivity contribution in [3.05, 3.63) is 71.4 Å². The number of methoxy groups -OCH3 is 1. The second-order valence-electron chi connectivity index (χ2n) is 5.10. The molecule has 6 heteroatoms. The zero-order valence-electron chi connectivity index (χ0n) is 13.9. The third-order valence-electron chi connectivity index (χ3n) is 3.35. The number of para-hydroxylation sites is 1. The minimum Gasteiger partial charge on any atom is -0.496 e. The molecule has 0 saturated heterocycles. The van der Waals surface area contributed by atoms with Crippen molar-refractivity contribution in [1.29, 1.82) is 0 Å². The molecule has 0 spiro atoms. The Morgan fingerprint density at radius 1 is 1.08 bits per heavy atom. The molecule has 130 valence electrons. The first-order valence-corrected chi connectivity index (χ1v) is 7.76. The van der Waals surface area contributed by atoms with Gasteiger partial charge in [-0.25, -0.2) is 0 Å². The Morgan fingerprint density at radius 2 is 1.76 bits per heavy atom. The standard InChI is InChI=1S/C19H20N2O4/c1-25-17-10-6-5-9-15(17)18(23)21-16(19(24)20-11-12-22)13-14-7-3-2-4-8-14/h2-10,13,22H,11-12H2,1H3,(H,20,24)(H,21,23)/b16-13-. The molecule has 2 amide bonds. The molecule has 3 N–H and O–H groups in total. The zero-order valence-corrected chi connectivity index (χ0v) is 13.9. The molecular formula is C19H20N2O4. The van der Waals surface area contributed by atoms with Crippen molar-refractivity contribution in [2.24, 2.45) is 0 Å². The SMILES string of the molecule is COc1ccccc1C(=O)N/C(=C\c1ccccc1)C(=O)NCCO. The van der Waals surface area contributed by atoms with Crippen LogP contribution in [0.25, 0.3) is 6.08 Å². The van der Waals surface area contributed by atoms with E-state index in [1.54, 1.807) is 30.3 Å². The van der Waals surface area contributed by atoms with Gasteiger partial charge in [-0.15, -0.1) is 0 Å². The van der Waals surface area contributed by atoms with Gasteiger partial charge in [0, 0.05) is 6.54 Å². The summed E-state index contributed by atoms with van der Waals surface area (Å²) in [5.74, 6) is -0.533. The first-order chi connectivity index (χ1) is 12.2. The third-order valence-corrected chi connectivity index (χ3v) is 3.35. The van der Waals surface area contributed by atoms with Crippen LogP contribution in [0.2, 0.25) is 0 Å². The Morgan fingerprint density at radius 3 is 2.44 bits per heavy atom. The Labute approximate surface area is 146 Å². The van der Waals surface area contributed by atoms with Crippen LogP contribution in [0.5, 0.6) is 5.75 Å². The fraction of sp³-hybridized carbons (Fsp3) is 0.158. The molecule has 0 aliphatic heterocycles. The van der Waals surface area contributed by atoms with E-state index in [1.165, 1.54) is 7.11 Å².